The number of piperazine rings is 4. The van der Waals surface area contributed by atoms with Gasteiger partial charge in [0.2, 0.25) is 0 Å². The minimum atomic E-state index is 0.794. The van der Waals surface area contributed by atoms with Gasteiger partial charge in [0.25, 0.3) is 0 Å². The van der Waals surface area contributed by atoms with E-state index in [1.54, 1.807) is 0 Å². The normalized spacial score (nSPS) is 17.2. The second kappa shape index (κ2) is 38.3. The lowest BCUT2D eigenvalue weighted by Gasteiger charge is -2.32. The van der Waals surface area contributed by atoms with Gasteiger partial charge in [0.1, 0.15) is 0 Å². The monoisotopic (exact) mass is 1630 g/mol. The minimum Gasteiger partial charge on any atom is -0.304 e. The van der Waals surface area contributed by atoms with Gasteiger partial charge in [-0.25, -0.2) is 0 Å². The van der Waals surface area contributed by atoms with Gasteiger partial charge in [0.15, 0.2) is 0 Å². The van der Waals surface area contributed by atoms with Gasteiger partial charge in [-0.2, -0.15) is 0 Å². The van der Waals surface area contributed by atoms with Crippen LogP contribution in [-0.4, -0.2) is 198 Å². The Morgan fingerprint density at radius 3 is 0.960 bits per heavy atom. The molecule has 21 rings (SSSR count). The molecule has 0 saturated carbocycles. The summed E-state index contributed by atoms with van der Waals surface area (Å²) in [5.41, 5.74) is 42.8. The van der Waals surface area contributed by atoms with E-state index in [0.717, 1.165) is 169 Å². The number of aromatic nitrogens is 4. The van der Waals surface area contributed by atoms with Crippen LogP contribution in [-0.2, 0) is 58.4 Å². The SMILES string of the molecule is C=C(C)c1ccc(C2=CCc3ncc(-c4ccc(CN5CCN(C)CC5)cc4)cc32)cc1.CN1CCN(Cc2ccc(-c3cnc4c(c3)C(c3cccc5c3C=NC5)=CC4)cc2)CC1.Cc1ccc(C2=CCc3ncc(-c4ccc(CN5CCN(C)CC5)cc4)cc32)cc1.Cc1cccc(C2=CCc3ncc(-c4ccc(CN5CCN(C)CC5)cc4)cc32)c1. The Hall–Kier alpha value is -11.6. The number of aliphatic imine (C=N–C) groups is 1. The molecule has 4 aliphatic carbocycles. The summed E-state index contributed by atoms with van der Waals surface area (Å²) < 4.78 is 0. The lowest BCUT2D eigenvalue weighted by molar-refractivity contribution is 0.148. The van der Waals surface area contributed by atoms with Gasteiger partial charge in [0, 0.05) is 238 Å². The maximum atomic E-state index is 4.83. The van der Waals surface area contributed by atoms with E-state index in [0.29, 0.717) is 0 Å². The summed E-state index contributed by atoms with van der Waals surface area (Å²) in [5, 5.41) is 0. The second-order valence-electron chi connectivity index (χ2n) is 35.7. The van der Waals surface area contributed by atoms with Gasteiger partial charge in [-0.3, -0.25) is 44.5 Å². The standard InChI is InChI=1S/C29H31N3.C28H28N4.2C27H29N3/c1-21(2)23-8-10-25(11-9-23)27-12-13-29-28(27)18-26(19-30-29)24-6-4-22(5-7-24)20-32-16-14-31(3)15-17-32;1-31-11-13-32(14-12-31)19-20-5-7-21(8-6-20)23-15-26-25(9-10-28(26)30-17-23)24-4-2-3-22-16-29-18-27(22)24;1-20-3-7-23(8-4-20)25-11-12-27-26(25)17-24(18-28-27)22-9-5-21(6-10-22)19-30-15-13-29(2)14-16-30;1-20-4-3-5-23(16-20)25-10-11-27-26(25)17-24(18-28-27)22-8-6-21(7-9-22)19-30-14-12-29(2)13-15-30/h4-12,18-19H,1,13-17,20H2,2-3H3;2-9,15,17-18H,10-14,16,19H2,1H3;3-11,17-18H,12-16,19H2,1-2H3;3-10,16-18H,11-15,19H2,1-2H3. The zero-order chi connectivity index (χ0) is 84.6. The number of hydrogen-bond acceptors (Lipinski definition) is 13. The Balaban J connectivity index is 0.000000113. The Morgan fingerprint density at radius 1 is 0.298 bits per heavy atom. The fraction of sp³-hybridized carbons (Fsp3) is 0.288. The minimum absolute atomic E-state index is 0.794. The second-order valence-corrected chi connectivity index (χ2v) is 35.7. The predicted molar refractivity (Wildman–Crippen MR) is 514 cm³/mol. The first-order valence-corrected chi connectivity index (χ1v) is 44.9. The highest BCUT2D eigenvalue weighted by Crippen LogP contribution is 2.41. The Kier molecular flexibility index (Phi) is 25.7. The average molecular weight is 1630 g/mol. The van der Waals surface area contributed by atoms with Crippen molar-refractivity contribution in [3.63, 3.8) is 0 Å². The molecule has 0 bridgehead atoms. The first kappa shape index (κ1) is 83.3. The quantitative estimate of drug-likeness (QED) is 0.0870. The number of allylic oxidation sites excluding steroid dienone is 5. The molecular weight excluding hydrogens is 1520 g/mol. The topological polar surface area (TPSA) is 89.8 Å². The maximum absolute atomic E-state index is 4.83. The lowest BCUT2D eigenvalue weighted by Crippen LogP contribution is -2.43. The highest BCUT2D eigenvalue weighted by Gasteiger charge is 2.27. The first-order chi connectivity index (χ1) is 60.6. The van der Waals surface area contributed by atoms with Crippen molar-refractivity contribution in [1.82, 2.24) is 59.1 Å². The van der Waals surface area contributed by atoms with E-state index >= 15 is 0 Å². The summed E-state index contributed by atoms with van der Waals surface area (Å²) in [7, 11) is 8.82. The van der Waals surface area contributed by atoms with Crippen LogP contribution < -0.4 is 0 Å². The van der Waals surface area contributed by atoms with Gasteiger partial charge < -0.3 is 19.6 Å². The van der Waals surface area contributed by atoms with E-state index in [1.165, 1.54) is 184 Å². The van der Waals surface area contributed by atoms with E-state index < -0.39 is 0 Å². The van der Waals surface area contributed by atoms with Crippen LogP contribution in [0.25, 0.3) is 72.4 Å². The molecule has 626 valence electrons. The smallest absolute Gasteiger partial charge is 0.0646 e. The number of likely N-dealkylation sites (N-methyl/N-ethyl adjacent to an activating group) is 4. The van der Waals surface area contributed by atoms with Crippen LogP contribution in [0.4, 0.5) is 0 Å². The number of benzene rings is 8. The van der Waals surface area contributed by atoms with Crippen LogP contribution in [0.5, 0.6) is 0 Å². The molecule has 13 nitrogen and oxygen atoms in total. The molecule has 8 aromatic carbocycles. The molecule has 9 aliphatic rings. The molecule has 9 heterocycles. The van der Waals surface area contributed by atoms with Crippen molar-refractivity contribution < 1.29 is 0 Å². The zero-order valence-electron chi connectivity index (χ0n) is 73.6. The maximum Gasteiger partial charge on any atom is 0.0646 e. The summed E-state index contributed by atoms with van der Waals surface area (Å²) in [6.07, 6.45) is 23.0. The summed E-state index contributed by atoms with van der Waals surface area (Å²) in [6.45, 7) is 33.8. The van der Waals surface area contributed by atoms with Crippen LogP contribution in [0.3, 0.4) is 0 Å². The number of nitrogens with zero attached hydrogens (tertiary/aromatic N) is 13. The molecule has 0 spiro atoms. The number of aryl methyl sites for hydroxylation is 2. The average Bonchev–Trinajstić information content (AvgIpc) is 1.62. The molecule has 0 amide bonds. The van der Waals surface area contributed by atoms with Gasteiger partial charge >= 0.3 is 0 Å². The predicted octanol–water partition coefficient (Wildman–Crippen LogP) is 19.5. The zero-order valence-corrected chi connectivity index (χ0v) is 73.6. The largest absolute Gasteiger partial charge is 0.304 e. The van der Waals surface area contributed by atoms with Gasteiger partial charge in [0.05, 0.1) is 29.3 Å². The van der Waals surface area contributed by atoms with E-state index in [4.69, 9.17) is 19.9 Å². The third kappa shape index (κ3) is 19.8. The fourth-order valence-corrected chi connectivity index (χ4v) is 18.6. The van der Waals surface area contributed by atoms with Crippen molar-refractivity contribution in [2.45, 2.75) is 79.2 Å². The number of fused-ring (bicyclic) bond motifs is 5. The molecule has 4 aromatic heterocycles. The summed E-state index contributed by atoms with van der Waals surface area (Å²) in [4.78, 5) is 43.5. The number of rotatable bonds is 17. The fourth-order valence-electron chi connectivity index (χ4n) is 18.6. The molecule has 4 saturated heterocycles. The van der Waals surface area contributed by atoms with Crippen molar-refractivity contribution in [2.24, 2.45) is 4.99 Å². The molecule has 13 heteroatoms. The third-order valence-corrected chi connectivity index (χ3v) is 26.5. The highest BCUT2D eigenvalue weighted by atomic mass is 15.3. The van der Waals surface area contributed by atoms with Crippen LogP contribution in [0, 0.1) is 13.8 Å². The Bertz CT molecular complexity index is 5960. The van der Waals surface area contributed by atoms with Crippen LogP contribution in [0.1, 0.15) is 124 Å². The molecule has 124 heavy (non-hydrogen) atoms. The van der Waals surface area contributed by atoms with E-state index in [1.807, 2.05) is 37.9 Å². The molecule has 4 fully saturated rings. The van der Waals surface area contributed by atoms with Crippen LogP contribution in [0.2, 0.25) is 0 Å². The van der Waals surface area contributed by atoms with Crippen LogP contribution in [0.15, 0.2) is 273 Å². The molecule has 0 unspecified atom stereocenters. The summed E-state index contributed by atoms with van der Waals surface area (Å²) in [5.74, 6) is 0. The van der Waals surface area contributed by atoms with Crippen LogP contribution >= 0.6 is 0 Å². The van der Waals surface area contributed by atoms with Crippen molar-refractivity contribution in [3.05, 3.63) is 385 Å². The molecule has 0 N–H and O–H groups in total. The molecule has 0 radical (unpaired) electrons. The number of hydrogen-bond donors (Lipinski definition) is 0. The molecule has 5 aliphatic heterocycles. The van der Waals surface area contributed by atoms with E-state index in [2.05, 4.69) is 329 Å². The van der Waals surface area contributed by atoms with Crippen molar-refractivity contribution in [2.75, 3.05) is 133 Å². The third-order valence-electron chi connectivity index (χ3n) is 26.5. The summed E-state index contributed by atoms with van der Waals surface area (Å²) >= 11 is 0. The van der Waals surface area contributed by atoms with Crippen molar-refractivity contribution >= 4 is 34.1 Å². The lowest BCUT2D eigenvalue weighted by atomic mass is 9.93. The van der Waals surface area contributed by atoms with Gasteiger partial charge in [-0.15, -0.1) is 0 Å². The summed E-state index contributed by atoms with van der Waals surface area (Å²) in [6, 6.07) is 78.3. The molecule has 0 atom stereocenters. The molecule has 12 aromatic rings. The van der Waals surface area contributed by atoms with Crippen molar-refractivity contribution in [3.8, 4) is 44.5 Å². The Morgan fingerprint density at radius 2 is 0.613 bits per heavy atom. The number of pyridine rings is 4. The van der Waals surface area contributed by atoms with E-state index in [9.17, 15) is 0 Å². The highest BCUT2D eigenvalue weighted by molar-refractivity contribution is 5.97. The Labute approximate surface area is 735 Å². The van der Waals surface area contributed by atoms with Gasteiger partial charge in [-0.1, -0.05) is 236 Å². The molecular formula is C111H117N13. The first-order valence-electron chi connectivity index (χ1n) is 44.9. The van der Waals surface area contributed by atoms with Gasteiger partial charge in [-0.05, 0) is 173 Å². The van der Waals surface area contributed by atoms with E-state index in [-0.39, 0.29) is 0 Å². The van der Waals surface area contributed by atoms with Crippen molar-refractivity contribution in [1.29, 1.82) is 0 Å².